The first-order valence-corrected chi connectivity index (χ1v) is 23.6. The molecular weight excluding hydrogens is 711 g/mol. The average Bonchev–Trinajstić information content (AvgIpc) is 3.16. The van der Waals surface area contributed by atoms with E-state index in [9.17, 15) is 19.0 Å². The molecule has 0 aliphatic rings. The molecule has 2 atom stereocenters. The quantitative estimate of drug-likeness (QED) is 0.0283. The molecule has 0 fully saturated rings. The monoisotopic (exact) mass is 793 g/mol. The number of carbonyl (C=O) groups excluding carboxylic acids is 2. The van der Waals surface area contributed by atoms with E-state index in [1.807, 2.05) is 0 Å². The molecule has 0 spiro atoms. The highest BCUT2D eigenvalue weighted by molar-refractivity contribution is 7.47. The van der Waals surface area contributed by atoms with Gasteiger partial charge in [-0.2, -0.15) is 0 Å². The van der Waals surface area contributed by atoms with Gasteiger partial charge < -0.3 is 14.4 Å². The molecule has 0 aliphatic heterocycles. The summed E-state index contributed by atoms with van der Waals surface area (Å²) in [5, 5.41) is 0. The Kier molecular flexibility index (Phi) is 39.7. The molecule has 0 aromatic carbocycles. The fourth-order valence-corrected chi connectivity index (χ4v) is 6.61. The normalized spacial score (nSPS) is 13.9. The Morgan fingerprint density at radius 2 is 0.927 bits per heavy atom. The lowest BCUT2D eigenvalue weighted by Gasteiger charge is -2.19. The van der Waals surface area contributed by atoms with Crippen molar-refractivity contribution in [3.63, 3.8) is 0 Å². The van der Waals surface area contributed by atoms with Crippen molar-refractivity contribution in [2.45, 2.75) is 200 Å². The molecule has 1 N–H and O–H groups in total. The molecule has 8 nitrogen and oxygen atoms in total. The number of phosphoric acid groups is 1. The van der Waals surface area contributed by atoms with Crippen LogP contribution >= 0.6 is 7.82 Å². The first-order chi connectivity index (χ1) is 26.8. The Bertz CT molecular complexity index is 1080. The summed E-state index contributed by atoms with van der Waals surface area (Å²) in [7, 11) is -4.28. The SMILES string of the molecule is CC/C=C\C/C=C\C/C=C\C/C=C\CCCCCCCCCCCCC(=O)OC(COC(=O)CCCCCCC/C=C\CCCCC)COP(=O)(O)OCC. The van der Waals surface area contributed by atoms with Gasteiger partial charge in [0.1, 0.15) is 6.61 Å². The summed E-state index contributed by atoms with van der Waals surface area (Å²) >= 11 is 0. The molecule has 0 aliphatic carbocycles. The molecule has 318 valence electrons. The second-order valence-electron chi connectivity index (χ2n) is 14.3. The predicted molar refractivity (Wildman–Crippen MR) is 230 cm³/mol. The maximum Gasteiger partial charge on any atom is 0.472 e. The van der Waals surface area contributed by atoms with E-state index < -0.39 is 26.5 Å². The number of hydrogen-bond donors (Lipinski definition) is 1. The van der Waals surface area contributed by atoms with Gasteiger partial charge in [0, 0.05) is 12.8 Å². The fraction of sp³-hybridized carbons (Fsp3) is 0.739. The minimum atomic E-state index is -4.28. The Morgan fingerprint density at radius 3 is 1.42 bits per heavy atom. The zero-order valence-electron chi connectivity index (χ0n) is 35.3. The second-order valence-corrected chi connectivity index (χ2v) is 15.8. The molecule has 0 aromatic rings. The first-order valence-electron chi connectivity index (χ1n) is 22.1. The van der Waals surface area contributed by atoms with Gasteiger partial charge in [-0.3, -0.25) is 18.6 Å². The number of hydrogen-bond acceptors (Lipinski definition) is 7. The van der Waals surface area contributed by atoms with E-state index in [4.69, 9.17) is 18.5 Å². The van der Waals surface area contributed by atoms with Crippen LogP contribution in [0.2, 0.25) is 0 Å². The van der Waals surface area contributed by atoms with E-state index in [1.165, 1.54) is 64.2 Å². The summed E-state index contributed by atoms with van der Waals surface area (Å²) in [5.74, 6) is -0.815. The summed E-state index contributed by atoms with van der Waals surface area (Å²) in [5.41, 5.74) is 0. The molecule has 0 aromatic heterocycles. The number of carbonyl (C=O) groups is 2. The van der Waals surface area contributed by atoms with Crippen LogP contribution in [0.3, 0.4) is 0 Å². The van der Waals surface area contributed by atoms with Gasteiger partial charge in [-0.15, -0.1) is 0 Å². The summed E-state index contributed by atoms with van der Waals surface area (Å²) in [6, 6.07) is 0. The lowest BCUT2D eigenvalue weighted by atomic mass is 10.0. The third-order valence-corrected chi connectivity index (χ3v) is 10.1. The Hall–Kier alpha value is -2.25. The average molecular weight is 793 g/mol. The highest BCUT2D eigenvalue weighted by atomic mass is 31.2. The number of ether oxygens (including phenoxy) is 2. The van der Waals surface area contributed by atoms with E-state index in [2.05, 4.69) is 74.6 Å². The molecule has 0 saturated heterocycles. The smallest absolute Gasteiger partial charge is 0.462 e. The summed E-state index contributed by atoms with van der Waals surface area (Å²) in [4.78, 5) is 34.7. The minimum absolute atomic E-state index is 0.00375. The topological polar surface area (TPSA) is 108 Å². The van der Waals surface area contributed by atoms with Crippen molar-refractivity contribution < 1.29 is 37.6 Å². The van der Waals surface area contributed by atoms with Crippen LogP contribution < -0.4 is 0 Å². The Balaban J connectivity index is 4.04. The van der Waals surface area contributed by atoms with Crippen molar-refractivity contribution in [2.24, 2.45) is 0 Å². The van der Waals surface area contributed by atoms with Crippen LogP contribution in [-0.4, -0.2) is 42.8 Å². The third-order valence-electron chi connectivity index (χ3n) is 9.06. The van der Waals surface area contributed by atoms with Crippen molar-refractivity contribution in [1.29, 1.82) is 0 Å². The van der Waals surface area contributed by atoms with Gasteiger partial charge in [0.2, 0.25) is 0 Å². The number of phosphoric ester groups is 1. The van der Waals surface area contributed by atoms with Crippen molar-refractivity contribution in [3.8, 4) is 0 Å². The Morgan fingerprint density at radius 1 is 0.509 bits per heavy atom. The van der Waals surface area contributed by atoms with Gasteiger partial charge in [-0.25, -0.2) is 4.57 Å². The summed E-state index contributed by atoms with van der Waals surface area (Å²) in [6.07, 6.45) is 49.9. The summed E-state index contributed by atoms with van der Waals surface area (Å²) in [6.45, 7) is 5.32. The molecule has 0 radical (unpaired) electrons. The second kappa shape index (κ2) is 41.4. The number of esters is 2. The van der Waals surface area contributed by atoms with E-state index in [1.54, 1.807) is 6.92 Å². The minimum Gasteiger partial charge on any atom is -0.462 e. The highest BCUT2D eigenvalue weighted by Crippen LogP contribution is 2.43. The Labute approximate surface area is 337 Å². The molecule has 55 heavy (non-hydrogen) atoms. The van der Waals surface area contributed by atoms with E-state index in [-0.39, 0.29) is 32.0 Å². The van der Waals surface area contributed by atoms with Gasteiger partial charge in [0.05, 0.1) is 13.2 Å². The zero-order chi connectivity index (χ0) is 40.3. The van der Waals surface area contributed by atoms with Gasteiger partial charge >= 0.3 is 19.8 Å². The molecule has 0 heterocycles. The van der Waals surface area contributed by atoms with Crippen LogP contribution in [0.1, 0.15) is 194 Å². The third kappa shape index (κ3) is 41.2. The molecule has 0 saturated carbocycles. The van der Waals surface area contributed by atoms with E-state index >= 15 is 0 Å². The fourth-order valence-electron chi connectivity index (χ4n) is 5.85. The first kappa shape index (κ1) is 52.8. The van der Waals surface area contributed by atoms with E-state index in [0.29, 0.717) is 6.42 Å². The van der Waals surface area contributed by atoms with Crippen molar-refractivity contribution in [3.05, 3.63) is 60.8 Å². The van der Waals surface area contributed by atoms with Gasteiger partial charge in [-0.05, 0) is 84.0 Å². The molecule has 2 unspecified atom stereocenters. The van der Waals surface area contributed by atoms with Crippen LogP contribution in [0.25, 0.3) is 0 Å². The summed E-state index contributed by atoms with van der Waals surface area (Å²) < 4.78 is 32.6. The molecule has 9 heteroatoms. The van der Waals surface area contributed by atoms with Crippen LogP contribution in [-0.2, 0) is 32.7 Å². The zero-order valence-corrected chi connectivity index (χ0v) is 36.2. The molecule has 0 bridgehead atoms. The number of unbranched alkanes of at least 4 members (excludes halogenated alkanes) is 18. The van der Waals surface area contributed by atoms with E-state index in [0.717, 1.165) is 89.9 Å². The maximum atomic E-state index is 12.6. The standard InChI is InChI=1S/C46H81O8P/c1-4-7-9-11-13-15-17-19-20-21-22-23-24-25-26-27-28-29-31-33-35-37-39-41-46(48)54-44(43-53-55(49,50)52-6-3)42-51-45(47)40-38-36-34-32-30-18-16-14-12-10-8-5-2/h7,9,13-16,19-20,22-23,44H,4-6,8,10-12,17-18,21,24-43H2,1-3H3,(H,49,50)/b9-7-,15-13-,16-14-,20-19-,23-22-. The van der Waals surface area contributed by atoms with Crippen LogP contribution in [0.4, 0.5) is 0 Å². The van der Waals surface area contributed by atoms with Crippen molar-refractivity contribution >= 4 is 19.8 Å². The largest absolute Gasteiger partial charge is 0.472 e. The highest BCUT2D eigenvalue weighted by Gasteiger charge is 2.25. The lowest BCUT2D eigenvalue weighted by molar-refractivity contribution is -0.161. The molecule has 0 rings (SSSR count). The molecule has 0 amide bonds. The number of rotatable bonds is 40. The van der Waals surface area contributed by atoms with Crippen LogP contribution in [0.5, 0.6) is 0 Å². The maximum absolute atomic E-state index is 12.6. The van der Waals surface area contributed by atoms with Gasteiger partial charge in [-0.1, -0.05) is 158 Å². The van der Waals surface area contributed by atoms with Gasteiger partial charge in [0.25, 0.3) is 0 Å². The van der Waals surface area contributed by atoms with Gasteiger partial charge in [0.15, 0.2) is 6.10 Å². The van der Waals surface area contributed by atoms with Crippen LogP contribution in [0.15, 0.2) is 60.8 Å². The van der Waals surface area contributed by atoms with Crippen molar-refractivity contribution in [2.75, 3.05) is 19.8 Å². The number of allylic oxidation sites excluding steroid dienone is 10. The predicted octanol–water partition coefficient (Wildman–Crippen LogP) is 13.9. The lowest BCUT2D eigenvalue weighted by Crippen LogP contribution is -2.29. The van der Waals surface area contributed by atoms with Crippen molar-refractivity contribution in [1.82, 2.24) is 0 Å². The van der Waals surface area contributed by atoms with Crippen LogP contribution in [0, 0.1) is 0 Å². The molecular formula is C46H81O8P.